The standard InChI is InChI=1S/C11H17IO2/c1-2-5-10(8-12)9-14-11-6-3-4-7-13-11/h2,8,11H,1,3-7,9H2/b10-8+. The van der Waals surface area contributed by atoms with Gasteiger partial charge >= 0.3 is 0 Å². The lowest BCUT2D eigenvalue weighted by molar-refractivity contribution is -0.157. The number of hydrogen-bond donors (Lipinski definition) is 0. The molecule has 0 radical (unpaired) electrons. The van der Waals surface area contributed by atoms with Crippen molar-refractivity contribution in [2.24, 2.45) is 0 Å². The zero-order chi connectivity index (χ0) is 10.2. The zero-order valence-corrected chi connectivity index (χ0v) is 10.5. The van der Waals surface area contributed by atoms with Gasteiger partial charge in [-0.15, -0.1) is 6.58 Å². The van der Waals surface area contributed by atoms with E-state index in [-0.39, 0.29) is 6.29 Å². The average Bonchev–Trinajstić information content (AvgIpc) is 2.25. The van der Waals surface area contributed by atoms with Gasteiger partial charge in [-0.1, -0.05) is 28.7 Å². The van der Waals surface area contributed by atoms with Crippen LogP contribution in [-0.2, 0) is 9.47 Å². The number of rotatable bonds is 5. The molecule has 1 unspecified atom stereocenters. The highest BCUT2D eigenvalue weighted by molar-refractivity contribution is 14.1. The quantitative estimate of drug-likeness (QED) is 0.572. The molecule has 3 heteroatoms. The Morgan fingerprint density at radius 3 is 3.00 bits per heavy atom. The normalized spacial score (nSPS) is 23.5. The van der Waals surface area contributed by atoms with Crippen LogP contribution in [0.3, 0.4) is 0 Å². The lowest BCUT2D eigenvalue weighted by Gasteiger charge is -2.23. The Morgan fingerprint density at radius 2 is 2.43 bits per heavy atom. The summed E-state index contributed by atoms with van der Waals surface area (Å²) >= 11 is 2.24. The van der Waals surface area contributed by atoms with Gasteiger partial charge < -0.3 is 9.47 Å². The summed E-state index contributed by atoms with van der Waals surface area (Å²) in [6, 6.07) is 0. The molecular formula is C11H17IO2. The maximum atomic E-state index is 5.65. The van der Waals surface area contributed by atoms with Gasteiger partial charge in [0.1, 0.15) is 0 Å². The van der Waals surface area contributed by atoms with Crippen molar-refractivity contribution in [3.05, 3.63) is 22.3 Å². The maximum Gasteiger partial charge on any atom is 0.158 e. The van der Waals surface area contributed by atoms with Crippen LogP contribution in [0.5, 0.6) is 0 Å². The van der Waals surface area contributed by atoms with Crippen molar-refractivity contribution in [2.45, 2.75) is 32.0 Å². The van der Waals surface area contributed by atoms with E-state index in [1.165, 1.54) is 18.4 Å². The van der Waals surface area contributed by atoms with Gasteiger partial charge in [0.15, 0.2) is 6.29 Å². The van der Waals surface area contributed by atoms with Crippen LogP contribution in [0.25, 0.3) is 0 Å². The van der Waals surface area contributed by atoms with Crippen molar-refractivity contribution >= 4 is 22.6 Å². The van der Waals surface area contributed by atoms with Gasteiger partial charge in [0.2, 0.25) is 0 Å². The first-order chi connectivity index (χ1) is 6.86. The topological polar surface area (TPSA) is 18.5 Å². The van der Waals surface area contributed by atoms with Gasteiger partial charge in [-0.2, -0.15) is 0 Å². The number of halogens is 1. The van der Waals surface area contributed by atoms with E-state index in [0.29, 0.717) is 6.61 Å². The molecule has 1 rings (SSSR count). The summed E-state index contributed by atoms with van der Waals surface area (Å²) in [4.78, 5) is 0. The van der Waals surface area contributed by atoms with Crippen molar-refractivity contribution in [3.63, 3.8) is 0 Å². The first kappa shape index (κ1) is 12.2. The van der Waals surface area contributed by atoms with Crippen LogP contribution in [0, 0.1) is 0 Å². The molecule has 0 aliphatic carbocycles. The molecule has 0 aromatic rings. The molecule has 1 saturated heterocycles. The molecule has 80 valence electrons. The molecule has 0 aromatic heterocycles. The van der Waals surface area contributed by atoms with E-state index < -0.39 is 0 Å². The SMILES string of the molecule is C=CC/C(=C\I)COC1CCCCO1. The van der Waals surface area contributed by atoms with Gasteiger partial charge in [-0.3, -0.25) is 0 Å². The monoisotopic (exact) mass is 308 g/mol. The second-order valence-electron chi connectivity index (χ2n) is 3.37. The largest absolute Gasteiger partial charge is 0.353 e. The molecule has 1 aliphatic rings. The van der Waals surface area contributed by atoms with E-state index in [0.717, 1.165) is 19.4 Å². The maximum absolute atomic E-state index is 5.65. The van der Waals surface area contributed by atoms with Crippen LogP contribution < -0.4 is 0 Å². The number of allylic oxidation sites excluding steroid dienone is 1. The Hall–Kier alpha value is 0.130. The van der Waals surface area contributed by atoms with Crippen molar-refractivity contribution in [3.8, 4) is 0 Å². The molecule has 0 amide bonds. The molecule has 1 atom stereocenters. The number of ether oxygens (including phenoxy) is 2. The van der Waals surface area contributed by atoms with Crippen LogP contribution in [0.2, 0.25) is 0 Å². The van der Waals surface area contributed by atoms with Gasteiger partial charge in [0.05, 0.1) is 6.61 Å². The van der Waals surface area contributed by atoms with E-state index in [1.54, 1.807) is 0 Å². The van der Waals surface area contributed by atoms with Crippen LogP contribution >= 0.6 is 22.6 Å². The highest BCUT2D eigenvalue weighted by Crippen LogP contribution is 2.15. The fourth-order valence-electron chi connectivity index (χ4n) is 1.36. The Bertz CT molecular complexity index is 195. The highest BCUT2D eigenvalue weighted by atomic mass is 127. The highest BCUT2D eigenvalue weighted by Gasteiger charge is 2.13. The number of hydrogen-bond acceptors (Lipinski definition) is 2. The molecule has 2 nitrogen and oxygen atoms in total. The fraction of sp³-hybridized carbons (Fsp3) is 0.636. The molecule has 1 heterocycles. The van der Waals surface area contributed by atoms with Crippen LogP contribution in [-0.4, -0.2) is 19.5 Å². The molecule has 0 aromatic carbocycles. The third-order valence-corrected chi connectivity index (χ3v) is 3.03. The summed E-state index contributed by atoms with van der Waals surface area (Å²) in [6.07, 6.45) is 6.23. The predicted octanol–water partition coefficient (Wildman–Crippen LogP) is 3.42. The van der Waals surface area contributed by atoms with Crippen LogP contribution in [0.15, 0.2) is 22.3 Å². The summed E-state index contributed by atoms with van der Waals surface area (Å²) in [7, 11) is 0. The average molecular weight is 308 g/mol. The lowest BCUT2D eigenvalue weighted by atomic mass is 10.2. The van der Waals surface area contributed by atoms with E-state index in [4.69, 9.17) is 9.47 Å². The molecule has 0 bridgehead atoms. The Kier molecular flexibility index (Phi) is 6.47. The molecule has 0 spiro atoms. The summed E-state index contributed by atoms with van der Waals surface area (Å²) in [5.74, 6) is 0. The lowest BCUT2D eigenvalue weighted by Crippen LogP contribution is -2.23. The van der Waals surface area contributed by atoms with Crippen LogP contribution in [0.1, 0.15) is 25.7 Å². The minimum atomic E-state index is 0.0138. The minimum absolute atomic E-state index is 0.0138. The molecule has 14 heavy (non-hydrogen) atoms. The molecule has 0 saturated carbocycles. The predicted molar refractivity (Wildman–Crippen MR) is 66.5 cm³/mol. The summed E-state index contributed by atoms with van der Waals surface area (Å²) < 4.78 is 13.2. The van der Waals surface area contributed by atoms with Crippen molar-refractivity contribution in [1.29, 1.82) is 0 Å². The minimum Gasteiger partial charge on any atom is -0.353 e. The molecule has 1 aliphatic heterocycles. The third-order valence-electron chi connectivity index (χ3n) is 2.15. The van der Waals surface area contributed by atoms with E-state index in [9.17, 15) is 0 Å². The van der Waals surface area contributed by atoms with Crippen molar-refractivity contribution in [1.82, 2.24) is 0 Å². The van der Waals surface area contributed by atoms with E-state index in [1.807, 2.05) is 6.08 Å². The Labute approximate surface area is 99.5 Å². The smallest absolute Gasteiger partial charge is 0.158 e. The van der Waals surface area contributed by atoms with E-state index in [2.05, 4.69) is 33.3 Å². The molecular weight excluding hydrogens is 291 g/mol. The van der Waals surface area contributed by atoms with Gasteiger partial charge in [-0.05, 0) is 35.3 Å². The van der Waals surface area contributed by atoms with E-state index >= 15 is 0 Å². The Balaban J connectivity index is 2.20. The van der Waals surface area contributed by atoms with Crippen LogP contribution in [0.4, 0.5) is 0 Å². The second-order valence-corrected chi connectivity index (χ2v) is 3.99. The van der Waals surface area contributed by atoms with Gasteiger partial charge in [-0.25, -0.2) is 0 Å². The first-order valence-corrected chi connectivity index (χ1v) is 6.23. The summed E-state index contributed by atoms with van der Waals surface area (Å²) in [5.41, 5.74) is 1.26. The van der Waals surface area contributed by atoms with Crippen molar-refractivity contribution in [2.75, 3.05) is 13.2 Å². The Morgan fingerprint density at radius 1 is 1.57 bits per heavy atom. The van der Waals surface area contributed by atoms with Crippen molar-refractivity contribution < 1.29 is 9.47 Å². The third kappa shape index (κ3) is 4.57. The first-order valence-electron chi connectivity index (χ1n) is 4.99. The zero-order valence-electron chi connectivity index (χ0n) is 8.38. The second kappa shape index (κ2) is 7.43. The summed E-state index contributed by atoms with van der Waals surface area (Å²) in [6.45, 7) is 5.22. The molecule has 0 N–H and O–H groups in total. The summed E-state index contributed by atoms with van der Waals surface area (Å²) in [5, 5.41) is 0. The fourth-order valence-corrected chi connectivity index (χ4v) is 1.80. The van der Waals surface area contributed by atoms with Gasteiger partial charge in [0, 0.05) is 6.61 Å². The van der Waals surface area contributed by atoms with Gasteiger partial charge in [0.25, 0.3) is 0 Å². The molecule has 1 fully saturated rings.